The van der Waals surface area contributed by atoms with E-state index in [0.29, 0.717) is 11.0 Å². The molecule has 3 rings (SSSR count). The number of benzene rings is 1. The molecule has 27 heavy (non-hydrogen) atoms. The van der Waals surface area contributed by atoms with Crippen molar-refractivity contribution in [3.63, 3.8) is 0 Å². The largest absolute Gasteiger partial charge is 0.332 e. The van der Waals surface area contributed by atoms with Crippen LogP contribution in [-0.2, 0) is 13.1 Å². The summed E-state index contributed by atoms with van der Waals surface area (Å²) in [6, 6.07) is 5.31. The smallest absolute Gasteiger partial charge is 0.132 e. The average Bonchev–Trinajstić information content (AvgIpc) is 3.00. The monoisotopic (exact) mass is 375 g/mol. The molecule has 0 atom stereocenters. The zero-order valence-corrected chi connectivity index (χ0v) is 18.6. The van der Waals surface area contributed by atoms with Crippen molar-refractivity contribution in [1.29, 1.82) is 0 Å². The minimum absolute atomic E-state index is 0.190. The topological polar surface area (TPSA) is 21.1 Å². The molecule has 0 saturated carbocycles. The summed E-state index contributed by atoms with van der Waals surface area (Å²) in [5.74, 6) is -0.190. The van der Waals surface area contributed by atoms with E-state index in [0.717, 1.165) is 36.6 Å². The Kier molecular flexibility index (Phi) is 10.9. The van der Waals surface area contributed by atoms with Crippen LogP contribution in [0, 0.1) is 18.2 Å². The molecule has 1 aromatic heterocycles. The first-order chi connectivity index (χ1) is 12.6. The molecule has 152 valence electrons. The molecule has 3 nitrogen and oxygen atoms in total. The van der Waals surface area contributed by atoms with Crippen molar-refractivity contribution >= 4 is 0 Å². The van der Waals surface area contributed by atoms with Crippen molar-refractivity contribution < 1.29 is 4.39 Å². The second-order valence-corrected chi connectivity index (χ2v) is 7.95. The van der Waals surface area contributed by atoms with Gasteiger partial charge in [0.15, 0.2) is 0 Å². The third-order valence-electron chi connectivity index (χ3n) is 3.47. The van der Waals surface area contributed by atoms with Crippen LogP contribution >= 0.6 is 0 Å². The summed E-state index contributed by atoms with van der Waals surface area (Å²) >= 11 is 0. The van der Waals surface area contributed by atoms with Crippen molar-refractivity contribution in [3.8, 4) is 11.3 Å². The second kappa shape index (κ2) is 11.7. The zero-order chi connectivity index (χ0) is 21.2. The van der Waals surface area contributed by atoms with E-state index >= 15 is 0 Å². The van der Waals surface area contributed by atoms with Crippen LogP contribution in [0.25, 0.3) is 11.3 Å². The molecule has 0 spiro atoms. The molecule has 0 aliphatic carbocycles. The van der Waals surface area contributed by atoms with Gasteiger partial charge in [0.25, 0.3) is 0 Å². The number of halogens is 1. The number of imidazole rings is 1. The molecule has 2 heterocycles. The van der Waals surface area contributed by atoms with Gasteiger partial charge in [-0.25, -0.2) is 9.37 Å². The lowest BCUT2D eigenvalue weighted by atomic mass is 10.0. The molecule has 0 saturated heterocycles. The van der Waals surface area contributed by atoms with Gasteiger partial charge >= 0.3 is 0 Å². The van der Waals surface area contributed by atoms with Crippen LogP contribution in [0.1, 0.15) is 52.8 Å². The van der Waals surface area contributed by atoms with Gasteiger partial charge in [-0.15, -0.1) is 13.2 Å². The van der Waals surface area contributed by atoms with Crippen LogP contribution in [0.4, 0.5) is 4.39 Å². The Hall–Kier alpha value is -1.94. The predicted octanol–water partition coefficient (Wildman–Crippen LogP) is 6.32. The quantitative estimate of drug-likeness (QED) is 0.544. The molecular formula is C23H38FN3. The highest BCUT2D eigenvalue weighted by Crippen LogP contribution is 2.28. The highest BCUT2D eigenvalue weighted by molar-refractivity contribution is 5.63. The summed E-state index contributed by atoms with van der Waals surface area (Å²) in [7, 11) is 2.08. The third-order valence-corrected chi connectivity index (χ3v) is 3.47. The molecule has 0 fully saturated rings. The number of hydrogen-bond acceptors (Lipinski definition) is 2. The number of hydrogen-bond donors (Lipinski definition) is 0. The summed E-state index contributed by atoms with van der Waals surface area (Å²) in [5.41, 5.74) is 3.91. The van der Waals surface area contributed by atoms with E-state index in [-0.39, 0.29) is 5.82 Å². The highest BCUT2D eigenvalue weighted by atomic mass is 19.1. The van der Waals surface area contributed by atoms with E-state index in [1.807, 2.05) is 39.2 Å². The Labute approximate surface area is 165 Å². The van der Waals surface area contributed by atoms with Crippen molar-refractivity contribution in [2.24, 2.45) is 5.41 Å². The van der Waals surface area contributed by atoms with Gasteiger partial charge < -0.3 is 4.57 Å². The lowest BCUT2D eigenvalue weighted by Crippen LogP contribution is -2.30. The summed E-state index contributed by atoms with van der Waals surface area (Å²) < 4.78 is 16.1. The number of fused-ring (bicyclic) bond motifs is 1. The molecule has 1 aliphatic rings. The number of likely N-dealkylation sites (N-methyl/N-ethyl adjacent to an activating group) is 1. The standard InChI is InChI=1S/C14H16FN3.C5H12.C2H6.C2H4/c1-10-3-4-11(12(15)7-10)14-13-8-17(2)5-6-18(13)9-16-14;1-5(2,3)4;2*1-2/h3-4,7,9H,5-6,8H2,1-2H3;1-4H3;1-2H3;1-2H2. The van der Waals surface area contributed by atoms with Gasteiger partial charge in [0.1, 0.15) is 5.82 Å². The molecular weight excluding hydrogens is 337 g/mol. The van der Waals surface area contributed by atoms with Crippen molar-refractivity contribution in [3.05, 3.63) is 54.8 Å². The predicted molar refractivity (Wildman–Crippen MR) is 116 cm³/mol. The molecule has 0 amide bonds. The first-order valence-corrected chi connectivity index (χ1v) is 9.64. The van der Waals surface area contributed by atoms with E-state index in [9.17, 15) is 4.39 Å². The summed E-state index contributed by atoms with van der Waals surface area (Å²) in [4.78, 5) is 6.62. The summed E-state index contributed by atoms with van der Waals surface area (Å²) in [5, 5.41) is 0. The van der Waals surface area contributed by atoms with Crippen molar-refractivity contribution in [2.75, 3.05) is 13.6 Å². The number of aromatic nitrogens is 2. The average molecular weight is 376 g/mol. The lowest BCUT2D eigenvalue weighted by Gasteiger charge is -2.24. The van der Waals surface area contributed by atoms with Crippen molar-refractivity contribution in [1.82, 2.24) is 14.5 Å². The van der Waals surface area contributed by atoms with Gasteiger partial charge in [0, 0.05) is 25.2 Å². The van der Waals surface area contributed by atoms with E-state index in [2.05, 4.69) is 62.4 Å². The molecule has 0 unspecified atom stereocenters. The van der Waals surface area contributed by atoms with E-state index < -0.39 is 0 Å². The van der Waals surface area contributed by atoms with E-state index in [4.69, 9.17) is 0 Å². The maximum absolute atomic E-state index is 14.0. The Morgan fingerprint density at radius 3 is 2.15 bits per heavy atom. The summed E-state index contributed by atoms with van der Waals surface area (Å²) in [6.07, 6.45) is 1.82. The van der Waals surface area contributed by atoms with Crippen LogP contribution in [-0.4, -0.2) is 28.0 Å². The first kappa shape index (κ1) is 25.1. The number of aryl methyl sites for hydroxylation is 1. The molecule has 0 bridgehead atoms. The van der Waals surface area contributed by atoms with E-state index in [1.165, 1.54) is 0 Å². The van der Waals surface area contributed by atoms with Gasteiger partial charge in [-0.2, -0.15) is 0 Å². The maximum Gasteiger partial charge on any atom is 0.132 e. The van der Waals surface area contributed by atoms with Crippen LogP contribution < -0.4 is 0 Å². The molecule has 2 aromatic rings. The van der Waals surface area contributed by atoms with Crippen LogP contribution in [0.15, 0.2) is 37.7 Å². The number of nitrogens with zero attached hydrogens (tertiary/aromatic N) is 3. The van der Waals surface area contributed by atoms with Crippen LogP contribution in [0.5, 0.6) is 0 Å². The Balaban J connectivity index is 0.000000646. The minimum Gasteiger partial charge on any atom is -0.332 e. The molecule has 0 radical (unpaired) electrons. The Morgan fingerprint density at radius 2 is 1.63 bits per heavy atom. The van der Waals surface area contributed by atoms with Gasteiger partial charge in [0.2, 0.25) is 0 Å². The fourth-order valence-corrected chi connectivity index (χ4v) is 2.42. The molecule has 4 heteroatoms. The van der Waals surface area contributed by atoms with Gasteiger partial charge in [-0.3, -0.25) is 4.90 Å². The van der Waals surface area contributed by atoms with Crippen LogP contribution in [0.2, 0.25) is 0 Å². The Bertz CT molecular complexity index is 677. The molecule has 1 aliphatic heterocycles. The normalized spacial score (nSPS) is 13.1. The summed E-state index contributed by atoms with van der Waals surface area (Å²) in [6.45, 7) is 23.4. The third kappa shape index (κ3) is 8.53. The fourth-order valence-electron chi connectivity index (χ4n) is 2.42. The van der Waals surface area contributed by atoms with Crippen molar-refractivity contribution in [2.45, 2.75) is 61.6 Å². The maximum atomic E-state index is 14.0. The van der Waals surface area contributed by atoms with Gasteiger partial charge in [0.05, 0.1) is 17.7 Å². The van der Waals surface area contributed by atoms with Gasteiger partial charge in [-0.05, 0) is 37.1 Å². The van der Waals surface area contributed by atoms with Crippen LogP contribution in [0.3, 0.4) is 0 Å². The molecule has 1 aromatic carbocycles. The minimum atomic E-state index is -0.190. The SMILES string of the molecule is C=C.CC.CC(C)(C)C.Cc1ccc(-c2ncn3c2CN(C)CC3)c(F)c1. The molecule has 0 N–H and O–H groups in total. The Morgan fingerprint density at radius 1 is 1.07 bits per heavy atom. The lowest BCUT2D eigenvalue weighted by molar-refractivity contribution is 0.270. The van der Waals surface area contributed by atoms with Gasteiger partial charge in [-0.1, -0.05) is 47.6 Å². The first-order valence-electron chi connectivity index (χ1n) is 9.64. The highest BCUT2D eigenvalue weighted by Gasteiger charge is 2.20. The van der Waals surface area contributed by atoms with E-state index in [1.54, 1.807) is 6.07 Å². The zero-order valence-electron chi connectivity index (χ0n) is 18.6. The fraction of sp³-hybridized carbons (Fsp3) is 0.522. The second-order valence-electron chi connectivity index (χ2n) is 7.95. The number of rotatable bonds is 1.